The minimum Gasteiger partial charge on any atom is -0.497 e. The van der Waals surface area contributed by atoms with Crippen molar-refractivity contribution in [3.8, 4) is 17.2 Å². The molecule has 3 heteroatoms. The largest absolute Gasteiger partial charge is 0.497 e. The van der Waals surface area contributed by atoms with Crippen LogP contribution >= 0.6 is 0 Å². The predicted molar refractivity (Wildman–Crippen MR) is 48.6 cm³/mol. The number of ether oxygens (including phenoxy) is 3. The van der Waals surface area contributed by atoms with Gasteiger partial charge in [0.2, 0.25) is 0 Å². The van der Waals surface area contributed by atoms with Gasteiger partial charge in [0.05, 0.1) is 7.11 Å². The molecule has 0 saturated carbocycles. The quantitative estimate of drug-likeness (QED) is 0.660. The highest BCUT2D eigenvalue weighted by Gasteiger charge is 2.17. The first-order chi connectivity index (χ1) is 6.29. The van der Waals surface area contributed by atoms with Gasteiger partial charge in [-0.25, -0.2) is 0 Å². The van der Waals surface area contributed by atoms with Gasteiger partial charge in [-0.2, -0.15) is 0 Å². The van der Waals surface area contributed by atoms with Crippen molar-refractivity contribution in [2.45, 2.75) is 13.0 Å². The van der Waals surface area contributed by atoms with E-state index < -0.39 is 0 Å². The normalized spacial score (nSPS) is 19.7. The molecule has 0 saturated heterocycles. The van der Waals surface area contributed by atoms with E-state index in [2.05, 4.69) is 0 Å². The van der Waals surface area contributed by atoms with Crippen molar-refractivity contribution in [1.29, 1.82) is 0 Å². The molecule has 13 heavy (non-hydrogen) atoms. The van der Waals surface area contributed by atoms with Crippen molar-refractivity contribution in [2.24, 2.45) is 0 Å². The zero-order chi connectivity index (χ0) is 9.26. The minimum absolute atomic E-state index is 0.111. The molecule has 1 unspecified atom stereocenters. The number of methoxy groups -OCH3 is 1. The fourth-order valence-corrected chi connectivity index (χ4v) is 1.28. The lowest BCUT2D eigenvalue weighted by molar-refractivity contribution is 0.104. The van der Waals surface area contributed by atoms with Crippen molar-refractivity contribution in [2.75, 3.05) is 13.7 Å². The second-order valence-corrected chi connectivity index (χ2v) is 3.05. The maximum atomic E-state index is 5.57. The molecular weight excluding hydrogens is 168 g/mol. The summed E-state index contributed by atoms with van der Waals surface area (Å²) in [6.45, 7) is 2.59. The topological polar surface area (TPSA) is 27.7 Å². The van der Waals surface area contributed by atoms with Gasteiger partial charge in [0.15, 0.2) is 11.5 Å². The van der Waals surface area contributed by atoms with E-state index >= 15 is 0 Å². The smallest absolute Gasteiger partial charge is 0.165 e. The van der Waals surface area contributed by atoms with E-state index in [-0.39, 0.29) is 6.10 Å². The Morgan fingerprint density at radius 1 is 1.38 bits per heavy atom. The summed E-state index contributed by atoms with van der Waals surface area (Å²) in [5.74, 6) is 2.34. The molecule has 70 valence electrons. The molecule has 1 aromatic rings. The van der Waals surface area contributed by atoms with Crippen LogP contribution in [0.3, 0.4) is 0 Å². The molecule has 0 bridgehead atoms. The van der Waals surface area contributed by atoms with Gasteiger partial charge in [-0.3, -0.25) is 0 Å². The fraction of sp³-hybridized carbons (Fsp3) is 0.400. The Bertz CT molecular complexity index is 309. The van der Waals surface area contributed by atoms with Gasteiger partial charge in [-0.1, -0.05) is 0 Å². The van der Waals surface area contributed by atoms with Crippen LogP contribution in [0.1, 0.15) is 6.92 Å². The highest BCUT2D eigenvalue weighted by molar-refractivity contribution is 5.46. The lowest BCUT2D eigenvalue weighted by Crippen LogP contribution is -2.25. The highest BCUT2D eigenvalue weighted by Crippen LogP contribution is 2.34. The van der Waals surface area contributed by atoms with Gasteiger partial charge in [0.1, 0.15) is 18.5 Å². The summed E-state index contributed by atoms with van der Waals surface area (Å²) >= 11 is 0. The van der Waals surface area contributed by atoms with Gasteiger partial charge in [-0.05, 0) is 19.1 Å². The summed E-state index contributed by atoms with van der Waals surface area (Å²) in [6, 6.07) is 5.56. The molecule has 2 rings (SSSR count). The number of hydrogen-bond donors (Lipinski definition) is 0. The van der Waals surface area contributed by atoms with E-state index in [1.807, 2.05) is 25.1 Å². The van der Waals surface area contributed by atoms with Crippen molar-refractivity contribution in [1.82, 2.24) is 0 Å². The Hall–Kier alpha value is -1.38. The molecule has 0 aliphatic carbocycles. The Labute approximate surface area is 77.2 Å². The SMILES string of the molecule is COc1ccc2c(c1)OC(C)CO2. The summed E-state index contributed by atoms with van der Waals surface area (Å²) in [7, 11) is 1.63. The van der Waals surface area contributed by atoms with E-state index in [4.69, 9.17) is 14.2 Å². The summed E-state index contributed by atoms with van der Waals surface area (Å²) < 4.78 is 16.1. The summed E-state index contributed by atoms with van der Waals surface area (Å²) in [6.07, 6.45) is 0.111. The first kappa shape index (κ1) is 8.23. The molecule has 0 amide bonds. The first-order valence-electron chi connectivity index (χ1n) is 4.27. The standard InChI is InChI=1S/C10H12O3/c1-7-6-12-9-4-3-8(11-2)5-10(9)13-7/h3-5,7H,6H2,1-2H3. The Morgan fingerprint density at radius 3 is 3.00 bits per heavy atom. The van der Waals surface area contributed by atoms with Gasteiger partial charge < -0.3 is 14.2 Å². The van der Waals surface area contributed by atoms with E-state index in [0.29, 0.717) is 6.61 Å². The van der Waals surface area contributed by atoms with Gasteiger partial charge in [-0.15, -0.1) is 0 Å². The molecular formula is C10H12O3. The van der Waals surface area contributed by atoms with Crippen LogP contribution in [0.25, 0.3) is 0 Å². The van der Waals surface area contributed by atoms with E-state index in [9.17, 15) is 0 Å². The third kappa shape index (κ3) is 1.54. The van der Waals surface area contributed by atoms with Crippen molar-refractivity contribution in [3.63, 3.8) is 0 Å². The number of benzene rings is 1. The highest BCUT2D eigenvalue weighted by atomic mass is 16.6. The van der Waals surface area contributed by atoms with Crippen LogP contribution < -0.4 is 14.2 Å². The van der Waals surface area contributed by atoms with Crippen LogP contribution in [0.4, 0.5) is 0 Å². The van der Waals surface area contributed by atoms with E-state index in [1.54, 1.807) is 7.11 Å². The summed E-state index contributed by atoms with van der Waals surface area (Å²) in [5.41, 5.74) is 0. The van der Waals surface area contributed by atoms with Crippen LogP contribution in [0.2, 0.25) is 0 Å². The maximum Gasteiger partial charge on any atom is 0.165 e. The fourth-order valence-electron chi connectivity index (χ4n) is 1.28. The van der Waals surface area contributed by atoms with Crippen LogP contribution in [0.5, 0.6) is 17.2 Å². The number of fused-ring (bicyclic) bond motifs is 1. The lowest BCUT2D eigenvalue weighted by Gasteiger charge is -2.23. The Kier molecular flexibility index (Phi) is 2.00. The second-order valence-electron chi connectivity index (χ2n) is 3.05. The minimum atomic E-state index is 0.111. The summed E-state index contributed by atoms with van der Waals surface area (Å²) in [4.78, 5) is 0. The van der Waals surface area contributed by atoms with Crippen molar-refractivity contribution < 1.29 is 14.2 Å². The molecule has 0 spiro atoms. The molecule has 0 aromatic heterocycles. The molecule has 1 aliphatic rings. The van der Waals surface area contributed by atoms with Crippen LogP contribution in [0.15, 0.2) is 18.2 Å². The van der Waals surface area contributed by atoms with Crippen molar-refractivity contribution >= 4 is 0 Å². The van der Waals surface area contributed by atoms with Crippen LogP contribution in [-0.2, 0) is 0 Å². The lowest BCUT2D eigenvalue weighted by atomic mass is 10.2. The van der Waals surface area contributed by atoms with Gasteiger partial charge in [0.25, 0.3) is 0 Å². The van der Waals surface area contributed by atoms with E-state index in [0.717, 1.165) is 17.2 Å². The van der Waals surface area contributed by atoms with Crippen LogP contribution in [-0.4, -0.2) is 19.8 Å². The van der Waals surface area contributed by atoms with Gasteiger partial charge in [0, 0.05) is 6.07 Å². The maximum absolute atomic E-state index is 5.57. The number of rotatable bonds is 1. The molecule has 0 fully saturated rings. The third-order valence-corrected chi connectivity index (χ3v) is 1.95. The molecule has 1 heterocycles. The average molecular weight is 180 g/mol. The first-order valence-corrected chi connectivity index (χ1v) is 4.27. The van der Waals surface area contributed by atoms with Crippen LogP contribution in [0, 0.1) is 0 Å². The number of hydrogen-bond acceptors (Lipinski definition) is 3. The zero-order valence-corrected chi connectivity index (χ0v) is 7.74. The average Bonchev–Trinajstić information content (AvgIpc) is 2.16. The predicted octanol–water partition coefficient (Wildman–Crippen LogP) is 1.85. The molecule has 1 aliphatic heterocycles. The van der Waals surface area contributed by atoms with E-state index in [1.165, 1.54) is 0 Å². The molecule has 0 N–H and O–H groups in total. The molecule has 1 atom stereocenters. The Balaban J connectivity index is 2.32. The van der Waals surface area contributed by atoms with Crippen molar-refractivity contribution in [3.05, 3.63) is 18.2 Å². The molecule has 0 radical (unpaired) electrons. The monoisotopic (exact) mass is 180 g/mol. The third-order valence-electron chi connectivity index (χ3n) is 1.95. The zero-order valence-electron chi connectivity index (χ0n) is 7.74. The molecule has 3 nitrogen and oxygen atoms in total. The second kappa shape index (κ2) is 3.17. The van der Waals surface area contributed by atoms with Gasteiger partial charge >= 0.3 is 0 Å². The summed E-state index contributed by atoms with van der Waals surface area (Å²) in [5, 5.41) is 0. The molecule has 1 aromatic carbocycles. The Morgan fingerprint density at radius 2 is 2.23 bits per heavy atom.